The highest BCUT2D eigenvalue weighted by atomic mass is 35.5. The fourth-order valence-electron chi connectivity index (χ4n) is 2.01. The predicted molar refractivity (Wildman–Crippen MR) is 75.7 cm³/mol. The molecule has 3 heterocycles. The molecule has 20 heavy (non-hydrogen) atoms. The number of carbonyl (C=O) groups excluding carboxylic acids is 2. The highest BCUT2D eigenvalue weighted by molar-refractivity contribution is 7.10. The third-order valence-electron chi connectivity index (χ3n) is 3.11. The van der Waals surface area contributed by atoms with Crippen LogP contribution >= 0.6 is 34.5 Å². The average Bonchev–Trinajstić information content (AvgIpc) is 3.09. The zero-order chi connectivity index (χ0) is 14.3. The fourth-order valence-corrected chi connectivity index (χ4v) is 3.46. The van der Waals surface area contributed by atoms with Gasteiger partial charge in [-0.1, -0.05) is 22.2 Å². The first-order valence-electron chi connectivity index (χ1n) is 5.67. The molecule has 1 unspecified atom stereocenters. The van der Waals surface area contributed by atoms with Crippen molar-refractivity contribution in [3.63, 3.8) is 0 Å². The number of amides is 3. The molecule has 3 rings (SSSR count). The summed E-state index contributed by atoms with van der Waals surface area (Å²) in [5.74, 6) is -0.311. The van der Waals surface area contributed by atoms with Crippen LogP contribution in [0, 0.1) is 0 Å². The zero-order valence-electron chi connectivity index (χ0n) is 10.3. The van der Waals surface area contributed by atoms with E-state index in [1.807, 2.05) is 17.5 Å². The van der Waals surface area contributed by atoms with Gasteiger partial charge in [0.1, 0.15) is 10.0 Å². The molecule has 0 saturated carbocycles. The second-order valence-electron chi connectivity index (χ2n) is 4.42. The Bertz CT molecular complexity index is 672. The number of hydrogen-bond acceptors (Lipinski definition) is 6. The molecular weight excluding hydrogens is 320 g/mol. The SMILES string of the molecule is CC1(c2cccs2)NC(=O)N(Cc2nnsc2Cl)C1=O. The van der Waals surface area contributed by atoms with Gasteiger partial charge in [-0.05, 0) is 18.4 Å². The number of nitrogens with one attached hydrogen (secondary N) is 1. The number of imide groups is 1. The number of urea groups is 1. The van der Waals surface area contributed by atoms with Crippen molar-refractivity contribution < 1.29 is 9.59 Å². The highest BCUT2D eigenvalue weighted by Crippen LogP contribution is 2.33. The Hall–Kier alpha value is -1.51. The van der Waals surface area contributed by atoms with E-state index in [2.05, 4.69) is 14.9 Å². The molecule has 0 radical (unpaired) electrons. The minimum Gasteiger partial charge on any atom is -0.319 e. The van der Waals surface area contributed by atoms with Crippen molar-refractivity contribution in [3.05, 3.63) is 32.4 Å². The topological polar surface area (TPSA) is 75.2 Å². The predicted octanol–water partition coefficient (Wildman–Crippen LogP) is 2.22. The lowest BCUT2D eigenvalue weighted by Crippen LogP contribution is -2.40. The van der Waals surface area contributed by atoms with E-state index >= 15 is 0 Å². The second-order valence-corrected chi connectivity index (χ2v) is 6.72. The van der Waals surface area contributed by atoms with Crippen LogP contribution in [0.3, 0.4) is 0 Å². The van der Waals surface area contributed by atoms with E-state index in [9.17, 15) is 9.59 Å². The van der Waals surface area contributed by atoms with Gasteiger partial charge in [-0.25, -0.2) is 4.79 Å². The van der Waals surface area contributed by atoms with Crippen LogP contribution in [0.4, 0.5) is 4.79 Å². The van der Waals surface area contributed by atoms with Crippen LogP contribution in [0.5, 0.6) is 0 Å². The molecule has 2 aromatic heterocycles. The minimum absolute atomic E-state index is 0.0287. The number of nitrogens with zero attached hydrogens (tertiary/aromatic N) is 3. The van der Waals surface area contributed by atoms with Crippen LogP contribution in [-0.4, -0.2) is 26.4 Å². The Kier molecular flexibility index (Phi) is 3.23. The zero-order valence-corrected chi connectivity index (χ0v) is 12.7. The molecule has 6 nitrogen and oxygen atoms in total. The molecule has 1 aliphatic heterocycles. The summed E-state index contributed by atoms with van der Waals surface area (Å²) >= 11 is 8.36. The number of rotatable bonds is 3. The van der Waals surface area contributed by atoms with Gasteiger partial charge in [-0.15, -0.1) is 16.4 Å². The Morgan fingerprint density at radius 1 is 1.50 bits per heavy atom. The molecule has 104 valence electrons. The van der Waals surface area contributed by atoms with E-state index in [0.717, 1.165) is 21.3 Å². The summed E-state index contributed by atoms with van der Waals surface area (Å²) in [6.07, 6.45) is 0. The van der Waals surface area contributed by atoms with Gasteiger partial charge in [-0.3, -0.25) is 9.69 Å². The molecule has 9 heteroatoms. The lowest BCUT2D eigenvalue weighted by molar-refractivity contribution is -0.131. The molecule has 1 aliphatic rings. The molecule has 1 atom stereocenters. The lowest BCUT2D eigenvalue weighted by atomic mass is 10.0. The third-order valence-corrected chi connectivity index (χ3v) is 5.18. The van der Waals surface area contributed by atoms with E-state index in [1.54, 1.807) is 6.92 Å². The van der Waals surface area contributed by atoms with Crippen LogP contribution in [0.15, 0.2) is 17.5 Å². The highest BCUT2D eigenvalue weighted by Gasteiger charge is 2.49. The van der Waals surface area contributed by atoms with E-state index in [-0.39, 0.29) is 12.5 Å². The number of carbonyl (C=O) groups is 2. The van der Waals surface area contributed by atoms with Gasteiger partial charge in [0, 0.05) is 16.4 Å². The molecule has 1 fully saturated rings. The number of thiophene rings is 1. The largest absolute Gasteiger partial charge is 0.325 e. The lowest BCUT2D eigenvalue weighted by Gasteiger charge is -2.19. The molecule has 0 bridgehead atoms. The van der Waals surface area contributed by atoms with Gasteiger partial charge in [0.05, 0.1) is 6.54 Å². The molecule has 0 aliphatic carbocycles. The van der Waals surface area contributed by atoms with Crippen molar-refractivity contribution in [2.24, 2.45) is 0 Å². The summed E-state index contributed by atoms with van der Waals surface area (Å²) in [7, 11) is 0. The molecular formula is C11H9ClN4O2S2. The van der Waals surface area contributed by atoms with Crippen molar-refractivity contribution >= 4 is 46.4 Å². The smallest absolute Gasteiger partial charge is 0.319 e. The summed E-state index contributed by atoms with van der Waals surface area (Å²) in [6, 6.07) is 3.22. The Labute approximate surface area is 127 Å². The van der Waals surface area contributed by atoms with E-state index in [4.69, 9.17) is 11.6 Å². The second kappa shape index (κ2) is 4.80. The van der Waals surface area contributed by atoms with Crippen molar-refractivity contribution in [1.29, 1.82) is 0 Å². The van der Waals surface area contributed by atoms with Gasteiger partial charge in [-0.2, -0.15) is 0 Å². The van der Waals surface area contributed by atoms with Gasteiger partial charge in [0.2, 0.25) is 0 Å². The summed E-state index contributed by atoms with van der Waals surface area (Å²) in [6.45, 7) is 1.72. The third kappa shape index (κ3) is 2.00. The Morgan fingerprint density at radius 2 is 2.30 bits per heavy atom. The van der Waals surface area contributed by atoms with E-state index in [1.165, 1.54) is 11.3 Å². The van der Waals surface area contributed by atoms with Crippen molar-refractivity contribution in [2.75, 3.05) is 0 Å². The summed E-state index contributed by atoms with van der Waals surface area (Å²) < 4.78 is 4.08. The van der Waals surface area contributed by atoms with E-state index < -0.39 is 11.6 Å². The van der Waals surface area contributed by atoms with E-state index in [0.29, 0.717) is 10.0 Å². The molecule has 1 N–H and O–H groups in total. The van der Waals surface area contributed by atoms with Gasteiger partial charge >= 0.3 is 6.03 Å². The maximum absolute atomic E-state index is 12.5. The van der Waals surface area contributed by atoms with Crippen LogP contribution in [0.1, 0.15) is 17.5 Å². The molecule has 0 aromatic carbocycles. The average molecular weight is 329 g/mol. The van der Waals surface area contributed by atoms with Gasteiger partial charge in [0.25, 0.3) is 5.91 Å². The number of halogens is 1. The summed E-state index contributed by atoms with van der Waals surface area (Å²) in [5.41, 5.74) is -0.600. The maximum Gasteiger partial charge on any atom is 0.325 e. The first-order chi connectivity index (χ1) is 9.52. The maximum atomic E-state index is 12.5. The van der Waals surface area contributed by atoms with Gasteiger partial charge < -0.3 is 5.32 Å². The summed E-state index contributed by atoms with van der Waals surface area (Å²) in [4.78, 5) is 26.5. The fraction of sp³-hybridized carbons (Fsp3) is 0.273. The normalized spacial score (nSPS) is 22.4. The molecule has 1 saturated heterocycles. The van der Waals surface area contributed by atoms with Crippen molar-refractivity contribution in [3.8, 4) is 0 Å². The minimum atomic E-state index is -1.03. The van der Waals surface area contributed by atoms with Crippen LogP contribution in [0.25, 0.3) is 0 Å². The Morgan fingerprint density at radius 3 is 2.90 bits per heavy atom. The van der Waals surface area contributed by atoms with Crippen molar-refractivity contribution in [1.82, 2.24) is 19.8 Å². The number of hydrogen-bond donors (Lipinski definition) is 1. The first kappa shape index (κ1) is 13.5. The standard InChI is InChI=1S/C11H9ClN4O2S2/c1-11(7-3-2-4-19-7)9(17)16(10(18)13-11)5-6-8(12)20-15-14-6/h2-4H,5H2,1H3,(H,13,18). The molecule has 2 aromatic rings. The van der Waals surface area contributed by atoms with Crippen LogP contribution in [-0.2, 0) is 16.9 Å². The van der Waals surface area contributed by atoms with Crippen LogP contribution < -0.4 is 5.32 Å². The quantitative estimate of drug-likeness (QED) is 0.877. The van der Waals surface area contributed by atoms with Crippen LogP contribution in [0.2, 0.25) is 4.34 Å². The molecule has 3 amide bonds. The Balaban J connectivity index is 1.90. The van der Waals surface area contributed by atoms with Crippen molar-refractivity contribution in [2.45, 2.75) is 19.0 Å². The summed E-state index contributed by atoms with van der Waals surface area (Å²) in [5, 5.41) is 8.41. The first-order valence-corrected chi connectivity index (χ1v) is 7.70. The monoisotopic (exact) mass is 328 g/mol. The van der Waals surface area contributed by atoms with Gasteiger partial charge in [0.15, 0.2) is 5.54 Å². The number of aromatic nitrogens is 2. The molecule has 0 spiro atoms.